The average Bonchev–Trinajstić information content (AvgIpc) is 2.74. The maximum Gasteiger partial charge on any atom is 0.251 e. The number of hydrogen-bond acceptors (Lipinski definition) is 5. The van der Waals surface area contributed by atoms with Gasteiger partial charge in [0.2, 0.25) is 0 Å². The second-order valence-electron chi connectivity index (χ2n) is 7.51. The van der Waals surface area contributed by atoms with E-state index in [2.05, 4.69) is 5.32 Å². The predicted octanol–water partition coefficient (Wildman–Crippen LogP) is 4.00. The molecule has 0 bridgehead atoms. The van der Waals surface area contributed by atoms with Gasteiger partial charge in [-0.3, -0.25) is 4.79 Å². The number of aliphatic hydroxyl groups is 1. The van der Waals surface area contributed by atoms with Crippen molar-refractivity contribution >= 4 is 5.91 Å². The summed E-state index contributed by atoms with van der Waals surface area (Å²) in [6.07, 6.45) is 1.95. The molecule has 0 aliphatic carbocycles. The van der Waals surface area contributed by atoms with Gasteiger partial charge in [-0.15, -0.1) is 0 Å². The van der Waals surface area contributed by atoms with Gasteiger partial charge in [0.15, 0.2) is 11.6 Å². The van der Waals surface area contributed by atoms with Crippen LogP contribution in [0.15, 0.2) is 36.4 Å². The van der Waals surface area contributed by atoms with Crippen LogP contribution < -0.4 is 14.8 Å². The van der Waals surface area contributed by atoms with Crippen molar-refractivity contribution in [1.29, 1.82) is 5.26 Å². The molecule has 0 saturated heterocycles. The van der Waals surface area contributed by atoms with Gasteiger partial charge in [-0.1, -0.05) is 19.4 Å². The molecule has 2 rings (SSSR count). The molecule has 1 amide bonds. The standard InChI is InChI=1S/C24H29FN2O4/c1-4-5-10-30-23-8-6-17(12-21(23)25)11-20(15-28)27-24(29)18-7-9-22(31-16(2)3)19(13-18)14-26/h6-9,12-13,16,20,28H,4-5,10-11,15H2,1-3H3,(H,27,29)/t20-/m0/s1. The number of nitriles is 1. The number of nitrogens with one attached hydrogen (secondary N) is 1. The Hall–Kier alpha value is -3.11. The van der Waals surface area contributed by atoms with Gasteiger partial charge < -0.3 is 19.9 Å². The molecule has 0 aliphatic heterocycles. The number of hydrogen-bond donors (Lipinski definition) is 2. The molecule has 31 heavy (non-hydrogen) atoms. The molecule has 0 aromatic heterocycles. The number of halogens is 1. The van der Waals surface area contributed by atoms with Crippen molar-refractivity contribution in [1.82, 2.24) is 5.32 Å². The Bertz CT molecular complexity index is 924. The molecular weight excluding hydrogens is 399 g/mol. The monoisotopic (exact) mass is 428 g/mol. The van der Waals surface area contributed by atoms with Crippen LogP contribution in [-0.2, 0) is 6.42 Å². The van der Waals surface area contributed by atoms with Gasteiger partial charge in [-0.05, 0) is 62.6 Å². The molecule has 6 nitrogen and oxygen atoms in total. The van der Waals surface area contributed by atoms with Gasteiger partial charge in [-0.2, -0.15) is 5.26 Å². The molecule has 2 N–H and O–H groups in total. The summed E-state index contributed by atoms with van der Waals surface area (Å²) in [5.41, 5.74) is 1.15. The molecule has 0 fully saturated rings. The third kappa shape index (κ3) is 7.26. The van der Waals surface area contributed by atoms with Gasteiger partial charge in [0.25, 0.3) is 5.91 Å². The van der Waals surface area contributed by atoms with Crippen molar-refractivity contribution in [3.63, 3.8) is 0 Å². The molecule has 166 valence electrons. The zero-order valence-electron chi connectivity index (χ0n) is 18.2. The highest BCUT2D eigenvalue weighted by Gasteiger charge is 2.17. The largest absolute Gasteiger partial charge is 0.491 e. The summed E-state index contributed by atoms with van der Waals surface area (Å²) in [6.45, 7) is 5.86. The van der Waals surface area contributed by atoms with E-state index in [0.29, 0.717) is 17.9 Å². The Labute approximate surface area is 182 Å². The third-order valence-corrected chi connectivity index (χ3v) is 4.51. The van der Waals surface area contributed by atoms with Crippen LogP contribution in [0.25, 0.3) is 0 Å². The minimum Gasteiger partial charge on any atom is -0.491 e. The third-order valence-electron chi connectivity index (χ3n) is 4.51. The number of benzene rings is 2. The molecule has 7 heteroatoms. The van der Waals surface area contributed by atoms with Crippen molar-refractivity contribution < 1.29 is 23.8 Å². The Balaban J connectivity index is 2.05. The summed E-state index contributed by atoms with van der Waals surface area (Å²) in [6, 6.07) is 10.6. The maximum atomic E-state index is 14.3. The lowest BCUT2D eigenvalue weighted by molar-refractivity contribution is 0.0916. The number of carbonyl (C=O) groups is 1. The van der Waals surface area contributed by atoms with Gasteiger partial charge in [0.05, 0.1) is 30.9 Å². The first-order valence-electron chi connectivity index (χ1n) is 10.4. The van der Waals surface area contributed by atoms with Crippen LogP contribution in [0, 0.1) is 17.1 Å². The smallest absolute Gasteiger partial charge is 0.251 e. The van der Waals surface area contributed by atoms with E-state index >= 15 is 0 Å². The van der Waals surface area contributed by atoms with Crippen molar-refractivity contribution in [3.05, 3.63) is 58.9 Å². The molecular formula is C24H29FN2O4. The normalized spacial score (nSPS) is 11.6. The molecule has 2 aromatic rings. The molecule has 0 aliphatic rings. The average molecular weight is 429 g/mol. The van der Waals surface area contributed by atoms with E-state index in [1.807, 2.05) is 26.8 Å². The lowest BCUT2D eigenvalue weighted by Crippen LogP contribution is -2.39. The van der Waals surface area contributed by atoms with Crippen LogP contribution in [0.4, 0.5) is 4.39 Å². The first-order valence-corrected chi connectivity index (χ1v) is 10.4. The first kappa shape index (κ1) is 24.2. The number of rotatable bonds is 11. The first-order chi connectivity index (χ1) is 14.9. The Morgan fingerprint density at radius 2 is 1.97 bits per heavy atom. The number of carbonyl (C=O) groups excluding carboxylic acids is 1. The topological polar surface area (TPSA) is 91.6 Å². The van der Waals surface area contributed by atoms with E-state index in [4.69, 9.17) is 9.47 Å². The predicted molar refractivity (Wildman–Crippen MR) is 116 cm³/mol. The second kappa shape index (κ2) is 11.9. The zero-order valence-corrected chi connectivity index (χ0v) is 18.2. The van der Waals surface area contributed by atoms with Crippen molar-refractivity contribution in [2.45, 2.75) is 52.2 Å². The molecule has 1 atom stereocenters. The van der Waals surface area contributed by atoms with Crippen molar-refractivity contribution in [2.24, 2.45) is 0 Å². The highest BCUT2D eigenvalue weighted by Crippen LogP contribution is 2.22. The van der Waals surface area contributed by atoms with Crippen LogP contribution in [-0.4, -0.2) is 36.4 Å². The second-order valence-corrected chi connectivity index (χ2v) is 7.51. The summed E-state index contributed by atoms with van der Waals surface area (Å²) < 4.78 is 25.2. The number of amides is 1. The van der Waals surface area contributed by atoms with Crippen molar-refractivity contribution in [2.75, 3.05) is 13.2 Å². The number of unbranched alkanes of at least 4 members (excludes halogenated alkanes) is 1. The summed E-state index contributed by atoms with van der Waals surface area (Å²) in [5.74, 6) is -0.318. The van der Waals surface area contributed by atoms with E-state index in [1.165, 1.54) is 12.1 Å². The van der Waals surface area contributed by atoms with Crippen LogP contribution in [0.2, 0.25) is 0 Å². The van der Waals surface area contributed by atoms with Gasteiger partial charge in [-0.25, -0.2) is 4.39 Å². The summed E-state index contributed by atoms with van der Waals surface area (Å²) in [5, 5.41) is 21.7. The molecule has 0 radical (unpaired) electrons. The number of nitrogens with zero attached hydrogens (tertiary/aromatic N) is 1. The SMILES string of the molecule is CCCCOc1ccc(C[C@@H](CO)NC(=O)c2ccc(OC(C)C)c(C#N)c2)cc1F. The van der Waals surface area contributed by atoms with E-state index < -0.39 is 17.8 Å². The number of ether oxygens (including phenoxy) is 2. The van der Waals surface area contributed by atoms with Gasteiger partial charge in [0, 0.05) is 5.56 Å². The number of aliphatic hydroxyl groups excluding tert-OH is 1. The molecule has 0 saturated carbocycles. The summed E-state index contributed by atoms with van der Waals surface area (Å²) >= 11 is 0. The van der Waals surface area contributed by atoms with E-state index in [1.54, 1.807) is 24.3 Å². The lowest BCUT2D eigenvalue weighted by atomic mass is 10.0. The lowest BCUT2D eigenvalue weighted by Gasteiger charge is -2.18. The van der Waals surface area contributed by atoms with Crippen LogP contribution >= 0.6 is 0 Å². The van der Waals surface area contributed by atoms with Gasteiger partial charge >= 0.3 is 0 Å². The minimum absolute atomic E-state index is 0.102. The van der Waals surface area contributed by atoms with E-state index in [-0.39, 0.29) is 36.0 Å². The van der Waals surface area contributed by atoms with Gasteiger partial charge in [0.1, 0.15) is 11.8 Å². The van der Waals surface area contributed by atoms with Crippen LogP contribution in [0.1, 0.15) is 55.1 Å². The highest BCUT2D eigenvalue weighted by molar-refractivity contribution is 5.95. The molecule has 0 unspecified atom stereocenters. The fourth-order valence-electron chi connectivity index (χ4n) is 2.94. The Morgan fingerprint density at radius 3 is 2.58 bits per heavy atom. The summed E-state index contributed by atoms with van der Waals surface area (Å²) in [4.78, 5) is 12.6. The molecule has 2 aromatic carbocycles. The minimum atomic E-state index is -0.615. The summed E-state index contributed by atoms with van der Waals surface area (Å²) in [7, 11) is 0. The Kier molecular flexibility index (Phi) is 9.29. The maximum absolute atomic E-state index is 14.3. The van der Waals surface area contributed by atoms with E-state index in [9.17, 15) is 19.6 Å². The molecule has 0 spiro atoms. The fraction of sp³-hybridized carbons (Fsp3) is 0.417. The highest BCUT2D eigenvalue weighted by atomic mass is 19.1. The van der Waals surface area contributed by atoms with Crippen molar-refractivity contribution in [3.8, 4) is 17.6 Å². The Morgan fingerprint density at radius 1 is 1.23 bits per heavy atom. The molecule has 0 heterocycles. The zero-order chi connectivity index (χ0) is 22.8. The van der Waals surface area contributed by atoms with E-state index in [0.717, 1.165) is 12.8 Å². The fourth-order valence-corrected chi connectivity index (χ4v) is 2.94. The van der Waals surface area contributed by atoms with Crippen LogP contribution in [0.3, 0.4) is 0 Å². The quantitative estimate of drug-likeness (QED) is 0.528. The van der Waals surface area contributed by atoms with Crippen LogP contribution in [0.5, 0.6) is 11.5 Å².